The van der Waals surface area contributed by atoms with E-state index in [9.17, 15) is 9.59 Å². The van der Waals surface area contributed by atoms with Crippen molar-refractivity contribution in [1.82, 2.24) is 10.6 Å². The number of ether oxygens (including phenoxy) is 1. The fraction of sp³-hybridized carbons (Fsp3) is 0.833. The van der Waals surface area contributed by atoms with Gasteiger partial charge in [-0.15, -0.1) is 0 Å². The lowest BCUT2D eigenvalue weighted by atomic mass is 10.2. The first kappa shape index (κ1) is 13.8. The van der Waals surface area contributed by atoms with Crippen LogP contribution in [0.1, 0.15) is 47.0 Å². The van der Waals surface area contributed by atoms with E-state index >= 15 is 0 Å². The average Bonchev–Trinajstić information content (AvgIpc) is 2.46. The van der Waals surface area contributed by atoms with E-state index in [1.807, 2.05) is 20.8 Å². The van der Waals surface area contributed by atoms with Crippen LogP contribution < -0.4 is 10.6 Å². The van der Waals surface area contributed by atoms with Gasteiger partial charge >= 0.3 is 6.09 Å². The number of carbonyl (C=O) groups excluding carboxylic acids is 2. The van der Waals surface area contributed by atoms with Crippen LogP contribution in [0.25, 0.3) is 0 Å². The van der Waals surface area contributed by atoms with Gasteiger partial charge in [0, 0.05) is 19.0 Å². The Hall–Kier alpha value is -1.26. The highest BCUT2D eigenvalue weighted by Gasteiger charge is 2.27. The van der Waals surface area contributed by atoms with E-state index in [1.54, 1.807) is 0 Å². The van der Waals surface area contributed by atoms with Crippen molar-refractivity contribution in [3.05, 3.63) is 0 Å². The van der Waals surface area contributed by atoms with Crippen LogP contribution in [0.3, 0.4) is 0 Å². The SMILES string of the molecule is CC(=O)N[C@H]1CC[C@H](NC(=O)OC(C)(C)C)C1. The minimum atomic E-state index is -0.472. The zero-order valence-corrected chi connectivity index (χ0v) is 11.0. The van der Waals surface area contributed by atoms with Gasteiger partial charge in [0.05, 0.1) is 0 Å². The van der Waals surface area contributed by atoms with Crippen LogP contribution in [0.2, 0.25) is 0 Å². The van der Waals surface area contributed by atoms with Gasteiger partial charge in [-0.1, -0.05) is 0 Å². The molecule has 5 heteroatoms. The van der Waals surface area contributed by atoms with Crippen LogP contribution >= 0.6 is 0 Å². The first-order chi connectivity index (χ1) is 7.76. The Balaban J connectivity index is 2.30. The molecule has 1 rings (SSSR count). The lowest BCUT2D eigenvalue weighted by Gasteiger charge is -2.21. The molecule has 0 bridgehead atoms. The van der Waals surface area contributed by atoms with Gasteiger partial charge in [-0.3, -0.25) is 4.79 Å². The van der Waals surface area contributed by atoms with E-state index in [0.29, 0.717) is 0 Å². The molecule has 0 saturated heterocycles. The summed E-state index contributed by atoms with van der Waals surface area (Å²) in [5, 5.41) is 5.69. The van der Waals surface area contributed by atoms with Gasteiger partial charge in [-0.2, -0.15) is 0 Å². The van der Waals surface area contributed by atoms with Crippen molar-refractivity contribution in [1.29, 1.82) is 0 Å². The molecule has 0 spiro atoms. The van der Waals surface area contributed by atoms with Gasteiger partial charge in [0.25, 0.3) is 0 Å². The Morgan fingerprint density at radius 1 is 1.12 bits per heavy atom. The van der Waals surface area contributed by atoms with E-state index in [4.69, 9.17) is 4.74 Å². The second-order valence-corrected chi connectivity index (χ2v) is 5.55. The lowest BCUT2D eigenvalue weighted by molar-refractivity contribution is -0.119. The molecule has 2 N–H and O–H groups in total. The summed E-state index contributed by atoms with van der Waals surface area (Å²) in [7, 11) is 0. The Labute approximate surface area is 102 Å². The summed E-state index contributed by atoms with van der Waals surface area (Å²) in [6.45, 7) is 7.01. The number of hydrogen-bond donors (Lipinski definition) is 2. The van der Waals surface area contributed by atoms with Gasteiger partial charge < -0.3 is 15.4 Å². The van der Waals surface area contributed by atoms with E-state index in [1.165, 1.54) is 6.92 Å². The molecule has 1 aliphatic rings. The molecule has 2 amide bonds. The maximum atomic E-state index is 11.5. The standard InChI is InChI=1S/C12H22N2O3/c1-8(15)13-9-5-6-10(7-9)14-11(16)17-12(2,3)4/h9-10H,5-7H2,1-4H3,(H,13,15)(H,14,16)/t9-,10-/m0/s1. The first-order valence-electron chi connectivity index (χ1n) is 6.03. The second kappa shape index (κ2) is 5.38. The summed E-state index contributed by atoms with van der Waals surface area (Å²) in [5.74, 6) is -0.0204. The number of amides is 2. The van der Waals surface area contributed by atoms with Gasteiger partial charge in [0.2, 0.25) is 5.91 Å². The highest BCUT2D eigenvalue weighted by molar-refractivity contribution is 5.73. The number of alkyl carbamates (subject to hydrolysis) is 1. The summed E-state index contributed by atoms with van der Waals surface area (Å²) >= 11 is 0. The minimum Gasteiger partial charge on any atom is -0.444 e. The first-order valence-corrected chi connectivity index (χ1v) is 6.03. The molecule has 0 unspecified atom stereocenters. The second-order valence-electron chi connectivity index (χ2n) is 5.55. The summed E-state index contributed by atoms with van der Waals surface area (Å²) in [5.41, 5.74) is -0.472. The van der Waals surface area contributed by atoms with Crippen LogP contribution in [-0.2, 0) is 9.53 Å². The number of rotatable bonds is 2. The average molecular weight is 242 g/mol. The van der Waals surface area contributed by atoms with Crippen molar-refractivity contribution in [3.8, 4) is 0 Å². The maximum absolute atomic E-state index is 11.5. The van der Waals surface area contributed by atoms with Crippen molar-refractivity contribution in [2.24, 2.45) is 0 Å². The van der Waals surface area contributed by atoms with Crippen LogP contribution in [0.4, 0.5) is 4.79 Å². The molecular weight excluding hydrogens is 220 g/mol. The van der Waals surface area contributed by atoms with E-state index in [0.717, 1.165) is 19.3 Å². The molecule has 5 nitrogen and oxygen atoms in total. The van der Waals surface area contributed by atoms with Gasteiger partial charge in [0.15, 0.2) is 0 Å². The Morgan fingerprint density at radius 3 is 2.12 bits per heavy atom. The molecule has 1 aliphatic carbocycles. The van der Waals surface area contributed by atoms with Crippen LogP contribution in [0, 0.1) is 0 Å². The normalized spacial score (nSPS) is 24.2. The van der Waals surface area contributed by atoms with Gasteiger partial charge in [0.1, 0.15) is 5.60 Å². The fourth-order valence-electron chi connectivity index (χ4n) is 2.01. The van der Waals surface area contributed by atoms with Gasteiger partial charge in [-0.25, -0.2) is 4.79 Å². The Kier molecular flexibility index (Phi) is 4.37. The Morgan fingerprint density at radius 2 is 1.65 bits per heavy atom. The van der Waals surface area contributed by atoms with Crippen molar-refractivity contribution in [3.63, 3.8) is 0 Å². The molecule has 98 valence electrons. The van der Waals surface area contributed by atoms with E-state index < -0.39 is 5.60 Å². The summed E-state index contributed by atoms with van der Waals surface area (Å²) in [6.07, 6.45) is 2.18. The van der Waals surface area contributed by atoms with Crippen molar-refractivity contribution < 1.29 is 14.3 Å². The zero-order valence-electron chi connectivity index (χ0n) is 11.0. The molecule has 0 heterocycles. The molecule has 2 atom stereocenters. The fourth-order valence-corrected chi connectivity index (χ4v) is 2.01. The van der Waals surface area contributed by atoms with Crippen LogP contribution in [0.5, 0.6) is 0 Å². The van der Waals surface area contributed by atoms with Gasteiger partial charge in [-0.05, 0) is 40.0 Å². The minimum absolute atomic E-state index is 0.0204. The molecule has 1 saturated carbocycles. The number of carbonyl (C=O) groups is 2. The van der Waals surface area contributed by atoms with E-state index in [-0.39, 0.29) is 24.1 Å². The number of hydrogen-bond acceptors (Lipinski definition) is 3. The highest BCUT2D eigenvalue weighted by atomic mass is 16.6. The third kappa shape index (κ3) is 5.56. The lowest BCUT2D eigenvalue weighted by Crippen LogP contribution is -2.39. The van der Waals surface area contributed by atoms with Crippen molar-refractivity contribution in [2.75, 3.05) is 0 Å². The molecule has 0 aromatic rings. The predicted octanol–water partition coefficient (Wildman–Crippen LogP) is 1.57. The molecule has 17 heavy (non-hydrogen) atoms. The summed E-state index contributed by atoms with van der Waals surface area (Å²) in [4.78, 5) is 22.4. The molecule has 0 aromatic heterocycles. The molecule has 1 fully saturated rings. The van der Waals surface area contributed by atoms with Crippen molar-refractivity contribution in [2.45, 2.75) is 64.6 Å². The summed E-state index contributed by atoms with van der Waals surface area (Å²) in [6, 6.07) is 0.272. The quantitative estimate of drug-likeness (QED) is 0.772. The smallest absolute Gasteiger partial charge is 0.407 e. The summed E-state index contributed by atoms with van der Waals surface area (Å²) < 4.78 is 5.18. The predicted molar refractivity (Wildman–Crippen MR) is 64.6 cm³/mol. The molecule has 0 aromatic carbocycles. The molecule has 0 radical (unpaired) electrons. The largest absolute Gasteiger partial charge is 0.444 e. The van der Waals surface area contributed by atoms with E-state index in [2.05, 4.69) is 10.6 Å². The molecular formula is C12H22N2O3. The maximum Gasteiger partial charge on any atom is 0.407 e. The topological polar surface area (TPSA) is 67.4 Å². The van der Waals surface area contributed by atoms with Crippen LogP contribution in [-0.4, -0.2) is 29.7 Å². The van der Waals surface area contributed by atoms with Crippen molar-refractivity contribution >= 4 is 12.0 Å². The third-order valence-corrected chi connectivity index (χ3v) is 2.56. The number of nitrogens with one attached hydrogen (secondary N) is 2. The third-order valence-electron chi connectivity index (χ3n) is 2.56. The zero-order chi connectivity index (χ0) is 13.1. The highest BCUT2D eigenvalue weighted by Crippen LogP contribution is 2.19. The van der Waals surface area contributed by atoms with Crippen LogP contribution in [0.15, 0.2) is 0 Å². The monoisotopic (exact) mass is 242 g/mol. The molecule has 0 aliphatic heterocycles. The Bertz CT molecular complexity index is 297.